The maximum atomic E-state index is 5.47. The van der Waals surface area contributed by atoms with E-state index in [1.807, 2.05) is 6.07 Å². The van der Waals surface area contributed by atoms with E-state index < -0.39 is 0 Å². The molecule has 1 aliphatic heterocycles. The molecule has 0 amide bonds. The highest BCUT2D eigenvalue weighted by molar-refractivity contribution is 7.98. The van der Waals surface area contributed by atoms with Crippen LogP contribution in [0.1, 0.15) is 17.3 Å². The summed E-state index contributed by atoms with van der Waals surface area (Å²) in [5.41, 5.74) is 2.23. The zero-order chi connectivity index (χ0) is 17.9. The molecule has 9 heteroatoms. The van der Waals surface area contributed by atoms with Gasteiger partial charge in [-0.15, -0.1) is 20.4 Å². The number of aromatic nitrogens is 5. The van der Waals surface area contributed by atoms with Crippen molar-refractivity contribution in [3.63, 3.8) is 0 Å². The van der Waals surface area contributed by atoms with Crippen molar-refractivity contribution in [3.05, 3.63) is 41.6 Å². The molecule has 3 aromatic rings. The van der Waals surface area contributed by atoms with Crippen LogP contribution in [0.4, 0.5) is 5.95 Å². The first-order chi connectivity index (χ1) is 12.7. The summed E-state index contributed by atoms with van der Waals surface area (Å²) in [6.07, 6.45) is 0. The molecule has 4 rings (SSSR count). The van der Waals surface area contributed by atoms with Gasteiger partial charge in [0.1, 0.15) is 0 Å². The first-order valence-electron chi connectivity index (χ1n) is 8.47. The van der Waals surface area contributed by atoms with Crippen molar-refractivity contribution in [2.45, 2.75) is 24.8 Å². The highest BCUT2D eigenvalue weighted by Crippen LogP contribution is 2.29. The van der Waals surface area contributed by atoms with Crippen LogP contribution in [0.3, 0.4) is 0 Å². The summed E-state index contributed by atoms with van der Waals surface area (Å²) in [7, 11) is 0. The van der Waals surface area contributed by atoms with Crippen molar-refractivity contribution in [1.82, 2.24) is 25.0 Å². The SMILES string of the molecule is Cc1cccc(-n2c(SCc3nnc(C)o3)nnc2N2CCOCC2)c1. The summed E-state index contributed by atoms with van der Waals surface area (Å²) in [5.74, 6) is 2.53. The van der Waals surface area contributed by atoms with E-state index in [0.29, 0.717) is 30.7 Å². The summed E-state index contributed by atoms with van der Waals surface area (Å²) >= 11 is 1.53. The van der Waals surface area contributed by atoms with Gasteiger partial charge < -0.3 is 14.1 Å². The molecule has 1 saturated heterocycles. The maximum absolute atomic E-state index is 5.47. The molecule has 2 aromatic heterocycles. The number of hydrogen-bond donors (Lipinski definition) is 0. The second-order valence-electron chi connectivity index (χ2n) is 6.06. The number of thioether (sulfide) groups is 1. The summed E-state index contributed by atoms with van der Waals surface area (Å²) in [4.78, 5) is 2.21. The van der Waals surface area contributed by atoms with Crippen molar-refractivity contribution in [3.8, 4) is 5.69 Å². The maximum Gasteiger partial charge on any atom is 0.232 e. The number of hydrogen-bond acceptors (Lipinski definition) is 8. The smallest absolute Gasteiger partial charge is 0.232 e. The third kappa shape index (κ3) is 3.58. The van der Waals surface area contributed by atoms with E-state index in [1.165, 1.54) is 17.3 Å². The molecular weight excluding hydrogens is 352 g/mol. The predicted molar refractivity (Wildman–Crippen MR) is 97.7 cm³/mol. The zero-order valence-corrected chi connectivity index (χ0v) is 15.6. The van der Waals surface area contributed by atoms with Crippen molar-refractivity contribution in [2.75, 3.05) is 31.2 Å². The predicted octanol–water partition coefficient (Wildman–Crippen LogP) is 2.40. The highest BCUT2D eigenvalue weighted by atomic mass is 32.2. The van der Waals surface area contributed by atoms with Gasteiger partial charge in [0.15, 0.2) is 5.16 Å². The lowest BCUT2D eigenvalue weighted by Gasteiger charge is -2.28. The molecule has 0 unspecified atom stereocenters. The molecule has 136 valence electrons. The second kappa shape index (κ2) is 7.46. The van der Waals surface area contributed by atoms with Crippen LogP contribution in [0, 0.1) is 13.8 Å². The van der Waals surface area contributed by atoms with Crippen molar-refractivity contribution in [2.24, 2.45) is 0 Å². The number of rotatable bonds is 5. The summed E-state index contributed by atoms with van der Waals surface area (Å²) in [6, 6.07) is 8.33. The second-order valence-corrected chi connectivity index (χ2v) is 7.00. The van der Waals surface area contributed by atoms with E-state index >= 15 is 0 Å². The molecule has 1 fully saturated rings. The first-order valence-corrected chi connectivity index (χ1v) is 9.46. The molecule has 0 saturated carbocycles. The van der Waals surface area contributed by atoms with Crippen LogP contribution in [0.15, 0.2) is 33.8 Å². The molecule has 26 heavy (non-hydrogen) atoms. The fourth-order valence-corrected chi connectivity index (χ4v) is 3.62. The Bertz CT molecular complexity index is 887. The monoisotopic (exact) mass is 372 g/mol. The average molecular weight is 372 g/mol. The summed E-state index contributed by atoms with van der Waals surface area (Å²) in [6.45, 7) is 6.87. The van der Waals surface area contributed by atoms with Gasteiger partial charge in [0.05, 0.1) is 24.7 Å². The van der Waals surface area contributed by atoms with Crippen molar-refractivity contribution in [1.29, 1.82) is 0 Å². The average Bonchev–Trinajstić information content (AvgIpc) is 3.26. The standard InChI is InChI=1S/C17H20N6O2S/c1-12-4-3-5-14(10-12)23-16(22-6-8-24-9-7-22)20-21-17(23)26-11-15-19-18-13(2)25-15/h3-5,10H,6-9,11H2,1-2H3. The highest BCUT2D eigenvalue weighted by Gasteiger charge is 2.22. The number of morpholine rings is 1. The van der Waals surface area contributed by atoms with Crippen LogP contribution in [0.25, 0.3) is 5.69 Å². The molecule has 0 N–H and O–H groups in total. The molecule has 1 aliphatic rings. The van der Waals surface area contributed by atoms with Crippen molar-refractivity contribution < 1.29 is 9.15 Å². The quantitative estimate of drug-likeness (QED) is 0.632. The number of aryl methyl sites for hydroxylation is 2. The lowest BCUT2D eigenvalue weighted by Crippen LogP contribution is -2.37. The normalized spacial score (nSPS) is 14.8. The largest absolute Gasteiger partial charge is 0.425 e. The molecule has 8 nitrogen and oxygen atoms in total. The van der Waals surface area contributed by atoms with Crippen molar-refractivity contribution >= 4 is 17.7 Å². The molecule has 1 aromatic carbocycles. The Kier molecular flexibility index (Phi) is 4.89. The minimum absolute atomic E-state index is 0.550. The Morgan fingerprint density at radius 1 is 1.08 bits per heavy atom. The number of benzene rings is 1. The van der Waals surface area contributed by atoms with E-state index in [0.717, 1.165) is 29.9 Å². The van der Waals surface area contributed by atoms with Crippen LogP contribution in [-0.2, 0) is 10.5 Å². The fraction of sp³-hybridized carbons (Fsp3) is 0.412. The summed E-state index contributed by atoms with van der Waals surface area (Å²) < 4.78 is 13.0. The van der Waals surface area contributed by atoms with E-state index in [9.17, 15) is 0 Å². The lowest BCUT2D eigenvalue weighted by molar-refractivity contribution is 0.122. The van der Waals surface area contributed by atoms with E-state index in [1.54, 1.807) is 6.92 Å². The number of ether oxygens (including phenoxy) is 1. The van der Waals surface area contributed by atoms with Crippen LogP contribution < -0.4 is 4.90 Å². The van der Waals surface area contributed by atoms with Gasteiger partial charge in [-0.3, -0.25) is 4.57 Å². The van der Waals surface area contributed by atoms with E-state index in [2.05, 4.69) is 55.0 Å². The summed E-state index contributed by atoms with van der Waals surface area (Å²) in [5, 5.41) is 17.6. The third-order valence-electron chi connectivity index (χ3n) is 4.06. The molecule has 3 heterocycles. The number of nitrogens with zero attached hydrogens (tertiary/aromatic N) is 6. The molecule has 0 spiro atoms. The Balaban J connectivity index is 1.67. The first kappa shape index (κ1) is 17.0. The molecule has 0 bridgehead atoms. The Morgan fingerprint density at radius 2 is 1.92 bits per heavy atom. The zero-order valence-electron chi connectivity index (χ0n) is 14.8. The molecule has 0 radical (unpaired) electrons. The van der Waals surface area contributed by atoms with Crippen LogP contribution >= 0.6 is 11.8 Å². The third-order valence-corrected chi connectivity index (χ3v) is 4.98. The topological polar surface area (TPSA) is 82.1 Å². The molecular formula is C17H20N6O2S. The van der Waals surface area contributed by atoms with Gasteiger partial charge >= 0.3 is 0 Å². The Morgan fingerprint density at radius 3 is 2.65 bits per heavy atom. The van der Waals surface area contributed by atoms with Crippen LogP contribution in [0.5, 0.6) is 0 Å². The lowest BCUT2D eigenvalue weighted by atomic mass is 10.2. The Hall–Kier alpha value is -2.39. The fourth-order valence-electron chi connectivity index (χ4n) is 2.84. The van der Waals surface area contributed by atoms with Gasteiger partial charge in [0.2, 0.25) is 17.7 Å². The van der Waals surface area contributed by atoms with E-state index in [4.69, 9.17) is 9.15 Å². The van der Waals surface area contributed by atoms with Gasteiger partial charge in [0.25, 0.3) is 0 Å². The van der Waals surface area contributed by atoms with Gasteiger partial charge in [-0.1, -0.05) is 23.9 Å². The van der Waals surface area contributed by atoms with Crippen LogP contribution in [-0.4, -0.2) is 51.3 Å². The minimum atomic E-state index is 0.550. The van der Waals surface area contributed by atoms with Gasteiger partial charge in [-0.05, 0) is 24.6 Å². The van der Waals surface area contributed by atoms with Gasteiger partial charge in [0, 0.05) is 20.0 Å². The molecule has 0 aliphatic carbocycles. The molecule has 0 atom stereocenters. The minimum Gasteiger partial charge on any atom is -0.425 e. The van der Waals surface area contributed by atoms with Gasteiger partial charge in [-0.25, -0.2) is 0 Å². The Labute approximate surface area is 155 Å². The number of anilines is 1. The van der Waals surface area contributed by atoms with Gasteiger partial charge in [-0.2, -0.15) is 0 Å². The van der Waals surface area contributed by atoms with E-state index in [-0.39, 0.29) is 0 Å². The van der Waals surface area contributed by atoms with Crippen LogP contribution in [0.2, 0.25) is 0 Å².